The number of carbonyl (C=O) groups is 1. The van der Waals surface area contributed by atoms with Crippen molar-refractivity contribution < 1.29 is 9.53 Å². The van der Waals surface area contributed by atoms with Gasteiger partial charge in [0, 0.05) is 11.1 Å². The first-order chi connectivity index (χ1) is 6.57. The van der Waals surface area contributed by atoms with E-state index in [9.17, 15) is 4.79 Å². The van der Waals surface area contributed by atoms with Crippen molar-refractivity contribution >= 4 is 5.91 Å². The molecular weight excluding hydrogens is 178 g/mol. The maximum absolute atomic E-state index is 11.2. The summed E-state index contributed by atoms with van der Waals surface area (Å²) in [5.41, 5.74) is 6.70. The number of hydrogen-bond donors (Lipinski definition) is 1. The Balaban J connectivity index is 3.35. The summed E-state index contributed by atoms with van der Waals surface area (Å²) >= 11 is 0. The number of benzene rings is 1. The number of carbonyl (C=O) groups excluding carboxylic acids is 1. The van der Waals surface area contributed by atoms with Gasteiger partial charge in [0.05, 0.1) is 7.11 Å². The minimum absolute atomic E-state index is 0.216. The van der Waals surface area contributed by atoms with E-state index in [1.165, 1.54) is 0 Å². The molecule has 0 saturated heterocycles. The van der Waals surface area contributed by atoms with E-state index < -0.39 is 5.91 Å². The Bertz CT molecular complexity index is 345. The molecule has 0 spiro atoms. The maximum atomic E-state index is 11.2. The van der Waals surface area contributed by atoms with E-state index in [1.807, 2.05) is 19.9 Å². The van der Waals surface area contributed by atoms with E-state index in [-0.39, 0.29) is 5.92 Å². The molecule has 1 aromatic carbocycles. The van der Waals surface area contributed by atoms with Crippen LogP contribution in [0.1, 0.15) is 35.7 Å². The van der Waals surface area contributed by atoms with Crippen LogP contribution in [0.3, 0.4) is 0 Å². The van der Waals surface area contributed by atoms with Gasteiger partial charge in [-0.15, -0.1) is 0 Å². The first kappa shape index (κ1) is 10.6. The van der Waals surface area contributed by atoms with Gasteiger partial charge in [0.25, 0.3) is 0 Å². The fraction of sp³-hybridized carbons (Fsp3) is 0.364. The monoisotopic (exact) mass is 193 g/mol. The van der Waals surface area contributed by atoms with Gasteiger partial charge in [-0.1, -0.05) is 19.9 Å². The second kappa shape index (κ2) is 4.13. The fourth-order valence-electron chi connectivity index (χ4n) is 1.53. The average Bonchev–Trinajstić information content (AvgIpc) is 2.16. The molecule has 1 aromatic rings. The number of amides is 1. The molecule has 3 nitrogen and oxygen atoms in total. The van der Waals surface area contributed by atoms with Crippen molar-refractivity contribution in [2.45, 2.75) is 19.8 Å². The molecule has 76 valence electrons. The molecule has 1 rings (SSSR count). The maximum Gasteiger partial charge on any atom is 0.249 e. The zero-order valence-corrected chi connectivity index (χ0v) is 8.70. The van der Waals surface area contributed by atoms with Crippen LogP contribution in [0, 0.1) is 0 Å². The minimum atomic E-state index is -0.410. The first-order valence-electron chi connectivity index (χ1n) is 4.54. The summed E-state index contributed by atoms with van der Waals surface area (Å²) in [6.45, 7) is 4.01. The summed E-state index contributed by atoms with van der Waals surface area (Å²) in [4.78, 5) is 11.2. The van der Waals surface area contributed by atoms with Crippen molar-refractivity contribution in [1.29, 1.82) is 0 Å². The van der Waals surface area contributed by atoms with Crippen LogP contribution in [0.15, 0.2) is 18.2 Å². The normalized spacial score (nSPS) is 10.3. The van der Waals surface area contributed by atoms with E-state index >= 15 is 0 Å². The van der Waals surface area contributed by atoms with Crippen LogP contribution >= 0.6 is 0 Å². The molecule has 0 bridgehead atoms. The zero-order valence-electron chi connectivity index (χ0n) is 8.70. The Kier molecular flexibility index (Phi) is 3.12. The summed E-state index contributed by atoms with van der Waals surface area (Å²) in [5.74, 6) is 0.526. The second-order valence-electron chi connectivity index (χ2n) is 3.44. The second-order valence-corrected chi connectivity index (χ2v) is 3.44. The molecule has 0 aliphatic carbocycles. The van der Waals surface area contributed by atoms with Crippen molar-refractivity contribution in [3.05, 3.63) is 29.3 Å². The number of methoxy groups -OCH3 is 1. The Morgan fingerprint density at radius 3 is 2.50 bits per heavy atom. The van der Waals surface area contributed by atoms with Crippen LogP contribution in [-0.4, -0.2) is 13.0 Å². The SMILES string of the molecule is COc1cccc(C(N)=O)c1C(C)C. The number of rotatable bonds is 3. The van der Waals surface area contributed by atoms with Gasteiger partial charge in [0.15, 0.2) is 0 Å². The van der Waals surface area contributed by atoms with Crippen molar-refractivity contribution in [3.8, 4) is 5.75 Å². The lowest BCUT2D eigenvalue weighted by Crippen LogP contribution is -2.15. The molecule has 0 radical (unpaired) electrons. The lowest BCUT2D eigenvalue weighted by Gasteiger charge is -2.14. The Hall–Kier alpha value is -1.51. The van der Waals surface area contributed by atoms with Gasteiger partial charge in [-0.05, 0) is 18.1 Å². The third-order valence-corrected chi connectivity index (χ3v) is 2.13. The highest BCUT2D eigenvalue weighted by Crippen LogP contribution is 2.29. The Morgan fingerprint density at radius 1 is 1.43 bits per heavy atom. The molecule has 0 atom stereocenters. The molecule has 0 aromatic heterocycles. The van der Waals surface area contributed by atoms with E-state index in [1.54, 1.807) is 19.2 Å². The smallest absolute Gasteiger partial charge is 0.249 e. The van der Waals surface area contributed by atoms with Gasteiger partial charge in [0.2, 0.25) is 5.91 Å². The molecular formula is C11H15NO2. The van der Waals surface area contributed by atoms with Crippen LogP contribution in [0.5, 0.6) is 5.75 Å². The highest BCUT2D eigenvalue weighted by molar-refractivity contribution is 5.95. The molecule has 0 heterocycles. The third-order valence-electron chi connectivity index (χ3n) is 2.13. The molecule has 0 unspecified atom stereocenters. The summed E-state index contributed by atoms with van der Waals surface area (Å²) < 4.78 is 5.19. The lowest BCUT2D eigenvalue weighted by atomic mass is 9.96. The van der Waals surface area contributed by atoms with Gasteiger partial charge in [0.1, 0.15) is 5.75 Å². The Morgan fingerprint density at radius 2 is 2.07 bits per heavy atom. The molecule has 3 heteroatoms. The van der Waals surface area contributed by atoms with E-state index in [0.717, 1.165) is 11.3 Å². The Labute approximate surface area is 83.9 Å². The zero-order chi connectivity index (χ0) is 10.7. The van der Waals surface area contributed by atoms with Crippen molar-refractivity contribution in [2.75, 3.05) is 7.11 Å². The minimum Gasteiger partial charge on any atom is -0.496 e. The number of hydrogen-bond acceptors (Lipinski definition) is 2. The summed E-state index contributed by atoms with van der Waals surface area (Å²) in [7, 11) is 1.59. The predicted octanol–water partition coefficient (Wildman–Crippen LogP) is 1.92. The largest absolute Gasteiger partial charge is 0.496 e. The quantitative estimate of drug-likeness (QED) is 0.797. The first-order valence-corrected chi connectivity index (χ1v) is 4.54. The van der Waals surface area contributed by atoms with Crippen LogP contribution < -0.4 is 10.5 Å². The summed E-state index contributed by atoms with van der Waals surface area (Å²) in [6.07, 6.45) is 0. The predicted molar refractivity (Wildman–Crippen MR) is 55.6 cm³/mol. The van der Waals surface area contributed by atoms with E-state index in [0.29, 0.717) is 5.56 Å². The summed E-state index contributed by atoms with van der Waals surface area (Å²) in [6, 6.07) is 5.33. The molecule has 2 N–H and O–H groups in total. The van der Waals surface area contributed by atoms with Gasteiger partial charge >= 0.3 is 0 Å². The van der Waals surface area contributed by atoms with Crippen LogP contribution in [-0.2, 0) is 0 Å². The molecule has 0 aliphatic heterocycles. The van der Waals surface area contributed by atoms with Crippen LogP contribution in [0.25, 0.3) is 0 Å². The highest BCUT2D eigenvalue weighted by atomic mass is 16.5. The molecule has 0 fully saturated rings. The van der Waals surface area contributed by atoms with Crippen LogP contribution in [0.4, 0.5) is 0 Å². The van der Waals surface area contributed by atoms with E-state index in [4.69, 9.17) is 10.5 Å². The molecule has 1 amide bonds. The van der Waals surface area contributed by atoms with Gasteiger partial charge in [-0.2, -0.15) is 0 Å². The average molecular weight is 193 g/mol. The number of primary amides is 1. The molecule has 0 aliphatic rings. The lowest BCUT2D eigenvalue weighted by molar-refractivity contribution is 0.0998. The van der Waals surface area contributed by atoms with Crippen molar-refractivity contribution in [1.82, 2.24) is 0 Å². The third kappa shape index (κ3) is 1.87. The number of nitrogens with two attached hydrogens (primary N) is 1. The van der Waals surface area contributed by atoms with Gasteiger partial charge < -0.3 is 10.5 Å². The molecule has 14 heavy (non-hydrogen) atoms. The van der Waals surface area contributed by atoms with Crippen molar-refractivity contribution in [2.24, 2.45) is 5.73 Å². The van der Waals surface area contributed by atoms with Gasteiger partial charge in [-0.3, -0.25) is 4.79 Å². The fourth-order valence-corrected chi connectivity index (χ4v) is 1.53. The standard InChI is InChI=1S/C11H15NO2/c1-7(2)10-8(11(12)13)5-4-6-9(10)14-3/h4-7H,1-3H3,(H2,12,13). The summed E-state index contributed by atoms with van der Waals surface area (Å²) in [5, 5.41) is 0. The van der Waals surface area contributed by atoms with E-state index in [2.05, 4.69) is 0 Å². The molecule has 0 saturated carbocycles. The van der Waals surface area contributed by atoms with Crippen molar-refractivity contribution in [3.63, 3.8) is 0 Å². The topological polar surface area (TPSA) is 52.3 Å². The highest BCUT2D eigenvalue weighted by Gasteiger charge is 2.15. The van der Waals surface area contributed by atoms with Crippen LogP contribution in [0.2, 0.25) is 0 Å². The van der Waals surface area contributed by atoms with Gasteiger partial charge in [-0.25, -0.2) is 0 Å². The number of ether oxygens (including phenoxy) is 1.